The van der Waals surface area contributed by atoms with Gasteiger partial charge in [0.25, 0.3) is 0 Å². The van der Waals surface area contributed by atoms with Crippen molar-refractivity contribution in [3.05, 3.63) is 24.0 Å². The fraction of sp³-hybridized carbons (Fsp3) is 0.438. The Morgan fingerprint density at radius 2 is 2.00 bits per heavy atom. The number of nitrogen functional groups attached to an aromatic ring is 1. The minimum absolute atomic E-state index is 0.0842. The van der Waals surface area contributed by atoms with Gasteiger partial charge in [-0.25, -0.2) is 4.39 Å². The summed E-state index contributed by atoms with van der Waals surface area (Å²) in [7, 11) is 1.41. The Morgan fingerprint density at radius 3 is 2.72 bits per heavy atom. The number of rotatable bonds is 6. The molecular weight excluding hydrogens is 327 g/mol. The van der Waals surface area contributed by atoms with Gasteiger partial charge in [0.2, 0.25) is 17.8 Å². The smallest absolute Gasteiger partial charge is 0.233 e. The van der Waals surface area contributed by atoms with Crippen molar-refractivity contribution in [1.82, 2.24) is 15.0 Å². The highest BCUT2D eigenvalue weighted by Crippen LogP contribution is 2.23. The van der Waals surface area contributed by atoms with Crippen molar-refractivity contribution in [3.8, 4) is 5.75 Å². The van der Waals surface area contributed by atoms with E-state index in [0.717, 1.165) is 32.6 Å². The van der Waals surface area contributed by atoms with Crippen molar-refractivity contribution in [1.29, 1.82) is 0 Å². The summed E-state index contributed by atoms with van der Waals surface area (Å²) in [6, 6.07) is 4.48. The first kappa shape index (κ1) is 17.2. The highest BCUT2D eigenvalue weighted by atomic mass is 19.1. The number of nitrogens with two attached hydrogens (primary N) is 1. The van der Waals surface area contributed by atoms with Gasteiger partial charge >= 0.3 is 0 Å². The first-order valence-electron chi connectivity index (χ1n) is 8.08. The molecule has 0 spiro atoms. The topological polar surface area (TPSA) is 107 Å². The number of hydrogen-bond acceptors (Lipinski definition) is 8. The van der Waals surface area contributed by atoms with Gasteiger partial charge < -0.3 is 25.8 Å². The van der Waals surface area contributed by atoms with Crippen molar-refractivity contribution in [2.24, 2.45) is 5.92 Å². The number of aromatic nitrogens is 3. The molecule has 8 nitrogen and oxygen atoms in total. The van der Waals surface area contributed by atoms with E-state index >= 15 is 0 Å². The van der Waals surface area contributed by atoms with Crippen molar-refractivity contribution < 1.29 is 13.9 Å². The largest absolute Gasteiger partial charge is 0.494 e. The first-order chi connectivity index (χ1) is 12.1. The lowest BCUT2D eigenvalue weighted by molar-refractivity contribution is 0.0699. The average Bonchev–Trinajstić information content (AvgIpc) is 2.61. The summed E-state index contributed by atoms with van der Waals surface area (Å²) in [4.78, 5) is 12.4. The standard InChI is InChI=1S/C16H21FN6O2/c1-24-13-3-2-11(8-12(13)17)20-16-22-14(18)21-15(23-16)19-9-10-4-6-25-7-5-10/h2-3,8,10H,4-7,9H2,1H3,(H4,18,19,20,21,22,23). The monoisotopic (exact) mass is 348 g/mol. The normalized spacial score (nSPS) is 15.0. The third-order valence-electron chi connectivity index (χ3n) is 3.95. The molecular formula is C16H21FN6O2. The number of nitrogens with one attached hydrogen (secondary N) is 2. The van der Waals surface area contributed by atoms with E-state index in [0.29, 0.717) is 17.6 Å². The van der Waals surface area contributed by atoms with Gasteiger partial charge in [-0.2, -0.15) is 15.0 Å². The van der Waals surface area contributed by atoms with Crippen LogP contribution in [0.1, 0.15) is 12.8 Å². The number of hydrogen-bond donors (Lipinski definition) is 3. The van der Waals surface area contributed by atoms with Crippen LogP contribution in [0, 0.1) is 11.7 Å². The van der Waals surface area contributed by atoms with Crippen molar-refractivity contribution >= 4 is 23.5 Å². The van der Waals surface area contributed by atoms with Gasteiger partial charge in [-0.1, -0.05) is 0 Å². The van der Waals surface area contributed by atoms with Crippen molar-refractivity contribution in [2.75, 3.05) is 43.2 Å². The van der Waals surface area contributed by atoms with Gasteiger partial charge in [-0.05, 0) is 30.9 Å². The summed E-state index contributed by atoms with van der Waals surface area (Å²) in [5.41, 5.74) is 6.23. The number of nitrogens with zero attached hydrogens (tertiary/aromatic N) is 3. The molecule has 0 amide bonds. The maximum atomic E-state index is 13.8. The number of anilines is 4. The lowest BCUT2D eigenvalue weighted by atomic mass is 10.0. The molecule has 3 rings (SSSR count). The summed E-state index contributed by atoms with van der Waals surface area (Å²) >= 11 is 0. The molecule has 0 aliphatic carbocycles. The van der Waals surface area contributed by atoms with Crippen LogP contribution in [0.25, 0.3) is 0 Å². The van der Waals surface area contributed by atoms with Crippen LogP contribution in [-0.4, -0.2) is 41.8 Å². The van der Waals surface area contributed by atoms with E-state index in [2.05, 4.69) is 25.6 Å². The molecule has 0 unspecified atom stereocenters. The molecule has 1 fully saturated rings. The van der Waals surface area contributed by atoms with Crippen LogP contribution in [0.15, 0.2) is 18.2 Å². The predicted octanol–water partition coefficient (Wildman–Crippen LogP) is 2.18. The Balaban J connectivity index is 1.67. The van der Waals surface area contributed by atoms with E-state index in [-0.39, 0.29) is 17.6 Å². The lowest BCUT2D eigenvalue weighted by Gasteiger charge is -2.22. The number of methoxy groups -OCH3 is 1. The molecule has 1 aliphatic rings. The fourth-order valence-electron chi connectivity index (χ4n) is 2.59. The summed E-state index contributed by atoms with van der Waals surface area (Å²) in [5.74, 6) is 0.911. The van der Waals surface area contributed by atoms with E-state index in [4.69, 9.17) is 15.2 Å². The summed E-state index contributed by atoms with van der Waals surface area (Å²) < 4.78 is 24.0. The van der Waals surface area contributed by atoms with E-state index < -0.39 is 5.82 Å². The molecule has 1 aliphatic heterocycles. The maximum Gasteiger partial charge on any atom is 0.233 e. The fourth-order valence-corrected chi connectivity index (χ4v) is 2.59. The van der Waals surface area contributed by atoms with Crippen LogP contribution in [0.4, 0.5) is 27.9 Å². The Morgan fingerprint density at radius 1 is 1.24 bits per heavy atom. The van der Waals surface area contributed by atoms with Gasteiger partial charge in [0.05, 0.1) is 7.11 Å². The minimum atomic E-state index is -0.479. The van der Waals surface area contributed by atoms with E-state index in [9.17, 15) is 4.39 Å². The van der Waals surface area contributed by atoms with E-state index in [1.165, 1.54) is 19.2 Å². The van der Waals surface area contributed by atoms with Crippen molar-refractivity contribution in [2.45, 2.75) is 12.8 Å². The lowest BCUT2D eigenvalue weighted by Crippen LogP contribution is -2.23. The molecule has 134 valence electrons. The van der Waals surface area contributed by atoms with E-state index in [1.54, 1.807) is 6.07 Å². The summed E-state index contributed by atoms with van der Waals surface area (Å²) in [6.45, 7) is 2.30. The van der Waals surface area contributed by atoms with Gasteiger partial charge in [0.1, 0.15) is 0 Å². The first-order valence-corrected chi connectivity index (χ1v) is 8.08. The molecule has 1 aromatic heterocycles. The molecule has 2 aromatic rings. The number of halogens is 1. The molecule has 4 N–H and O–H groups in total. The minimum Gasteiger partial charge on any atom is -0.494 e. The third-order valence-corrected chi connectivity index (χ3v) is 3.95. The molecule has 0 radical (unpaired) electrons. The second kappa shape index (κ2) is 7.93. The van der Waals surface area contributed by atoms with Gasteiger partial charge in [0.15, 0.2) is 11.6 Å². The molecule has 25 heavy (non-hydrogen) atoms. The summed E-state index contributed by atoms with van der Waals surface area (Å²) in [5, 5.41) is 6.10. The second-order valence-corrected chi connectivity index (χ2v) is 5.75. The van der Waals surface area contributed by atoms with Gasteiger partial charge in [-0.15, -0.1) is 0 Å². The Hall–Kier alpha value is -2.68. The SMILES string of the molecule is COc1ccc(Nc2nc(N)nc(NCC3CCOCC3)n2)cc1F. The number of ether oxygens (including phenoxy) is 2. The molecule has 1 aromatic carbocycles. The Kier molecular flexibility index (Phi) is 5.44. The van der Waals surface area contributed by atoms with Crippen molar-refractivity contribution in [3.63, 3.8) is 0 Å². The predicted molar refractivity (Wildman–Crippen MR) is 92.5 cm³/mol. The van der Waals surface area contributed by atoms with Crippen LogP contribution in [0.5, 0.6) is 5.75 Å². The molecule has 1 saturated heterocycles. The van der Waals surface area contributed by atoms with Gasteiger partial charge in [0, 0.05) is 31.5 Å². The van der Waals surface area contributed by atoms with Crippen LogP contribution in [0.2, 0.25) is 0 Å². The molecule has 9 heteroatoms. The second-order valence-electron chi connectivity index (χ2n) is 5.75. The Labute approximate surface area is 145 Å². The van der Waals surface area contributed by atoms with Crippen LogP contribution in [0.3, 0.4) is 0 Å². The summed E-state index contributed by atoms with van der Waals surface area (Å²) in [6.07, 6.45) is 2.01. The number of benzene rings is 1. The molecule has 2 heterocycles. The zero-order valence-corrected chi connectivity index (χ0v) is 14.0. The van der Waals surface area contributed by atoms with Gasteiger partial charge in [-0.3, -0.25) is 0 Å². The molecule has 0 bridgehead atoms. The third kappa shape index (κ3) is 4.66. The highest BCUT2D eigenvalue weighted by Gasteiger charge is 2.14. The zero-order valence-electron chi connectivity index (χ0n) is 14.0. The van der Waals surface area contributed by atoms with E-state index in [1.807, 2.05) is 0 Å². The average molecular weight is 348 g/mol. The quantitative estimate of drug-likeness (QED) is 0.729. The Bertz CT molecular complexity index is 724. The van der Waals surface area contributed by atoms with Crippen LogP contribution < -0.4 is 21.1 Å². The highest BCUT2D eigenvalue weighted by molar-refractivity contribution is 5.56. The molecule has 0 atom stereocenters. The van der Waals surface area contributed by atoms with Crippen LogP contribution in [-0.2, 0) is 4.74 Å². The maximum absolute atomic E-state index is 13.8. The zero-order chi connectivity index (χ0) is 17.6. The van der Waals surface area contributed by atoms with Crippen LogP contribution >= 0.6 is 0 Å². The molecule has 0 saturated carbocycles.